The highest BCUT2D eigenvalue weighted by atomic mass is 16.5. The van der Waals surface area contributed by atoms with Crippen LogP contribution < -0.4 is 27.4 Å². The predicted molar refractivity (Wildman–Crippen MR) is 142 cm³/mol. The molecule has 0 aromatic heterocycles. The molecule has 1 aromatic rings. The molecular formula is C25H47N5O6. The summed E-state index contributed by atoms with van der Waals surface area (Å²) >= 11 is 0. The van der Waals surface area contributed by atoms with E-state index in [1.165, 1.54) is 14.1 Å². The summed E-state index contributed by atoms with van der Waals surface area (Å²) < 4.78 is 5.17. The topological polar surface area (TPSA) is 186 Å². The lowest BCUT2D eigenvalue weighted by Crippen LogP contribution is -2.42. The fourth-order valence-corrected chi connectivity index (χ4v) is 2.76. The van der Waals surface area contributed by atoms with E-state index in [0.717, 1.165) is 5.56 Å². The summed E-state index contributed by atoms with van der Waals surface area (Å²) in [5.74, 6) is -2.75. The lowest BCUT2D eigenvalue weighted by atomic mass is 10.0. The monoisotopic (exact) mass is 513 g/mol. The summed E-state index contributed by atoms with van der Waals surface area (Å²) in [4.78, 5) is 44.3. The molecule has 0 aliphatic heterocycles. The Bertz CT molecular complexity index is 731. The first-order chi connectivity index (χ1) is 17.1. The normalized spacial score (nSPS) is 12.1. The fraction of sp³-hybridized carbons (Fsp3) is 0.600. The molecule has 8 N–H and O–H groups in total. The van der Waals surface area contributed by atoms with Crippen LogP contribution in [0.1, 0.15) is 39.7 Å². The molecule has 0 fully saturated rings. The highest BCUT2D eigenvalue weighted by molar-refractivity contribution is 6.34. The van der Waals surface area contributed by atoms with E-state index in [1.807, 2.05) is 44.2 Å². The van der Waals surface area contributed by atoms with E-state index in [1.54, 1.807) is 27.9 Å². The average molecular weight is 514 g/mol. The van der Waals surface area contributed by atoms with Crippen molar-refractivity contribution in [1.82, 2.24) is 16.0 Å². The maximum atomic E-state index is 12.0. The summed E-state index contributed by atoms with van der Waals surface area (Å²) in [7, 11) is 6.31. The predicted octanol–water partition coefficient (Wildman–Crippen LogP) is 0.309. The summed E-state index contributed by atoms with van der Waals surface area (Å²) in [6.07, 6.45) is 0.852. The quantitative estimate of drug-likeness (QED) is 0.168. The van der Waals surface area contributed by atoms with Gasteiger partial charge in [0.05, 0.1) is 18.7 Å². The largest absolute Gasteiger partial charge is 0.475 e. The van der Waals surface area contributed by atoms with Gasteiger partial charge in [-0.15, -0.1) is 0 Å². The first-order valence-electron chi connectivity index (χ1n) is 12.0. The minimum absolute atomic E-state index is 0.00333. The number of aliphatic carboxylic acids is 1. The number of ketones is 1. The number of nitrogens with one attached hydrogen (secondary N) is 3. The van der Waals surface area contributed by atoms with Crippen molar-refractivity contribution in [3.05, 3.63) is 35.9 Å². The average Bonchev–Trinajstić information content (AvgIpc) is 2.89. The Kier molecular flexibility index (Phi) is 25.0. The van der Waals surface area contributed by atoms with Crippen LogP contribution in [0.15, 0.2) is 30.3 Å². The number of likely N-dealkylation sites (N-methyl/N-ethyl adjacent to an activating group) is 3. The lowest BCUT2D eigenvalue weighted by Gasteiger charge is -2.16. The van der Waals surface area contributed by atoms with Gasteiger partial charge in [-0.2, -0.15) is 0 Å². The Morgan fingerprint density at radius 3 is 1.86 bits per heavy atom. The van der Waals surface area contributed by atoms with E-state index in [0.29, 0.717) is 12.8 Å². The van der Waals surface area contributed by atoms with Crippen LogP contribution in [0, 0.1) is 5.92 Å². The molecule has 1 rings (SSSR count). The zero-order valence-corrected chi connectivity index (χ0v) is 23.0. The van der Waals surface area contributed by atoms with Gasteiger partial charge < -0.3 is 37.3 Å². The second-order valence-electron chi connectivity index (χ2n) is 7.39. The third-order valence-corrected chi connectivity index (χ3v) is 4.64. The number of Topliss-reactive ketones (excluding diaryl/α,β-unsaturated/α-hetero) is 1. The molecule has 11 heteroatoms. The molecule has 0 aliphatic rings. The minimum Gasteiger partial charge on any atom is -0.475 e. The van der Waals surface area contributed by atoms with E-state index in [9.17, 15) is 19.2 Å². The van der Waals surface area contributed by atoms with Crippen molar-refractivity contribution in [2.75, 3.05) is 34.8 Å². The number of carbonyl (C=O) groups excluding carboxylic acids is 3. The van der Waals surface area contributed by atoms with Crippen LogP contribution in [0.5, 0.6) is 0 Å². The number of esters is 1. The highest BCUT2D eigenvalue weighted by Gasteiger charge is 2.25. The summed E-state index contributed by atoms with van der Waals surface area (Å²) in [6.45, 7) is 7.71. The van der Waals surface area contributed by atoms with Gasteiger partial charge in [-0.05, 0) is 39.0 Å². The van der Waals surface area contributed by atoms with Crippen molar-refractivity contribution in [1.29, 1.82) is 0 Å². The van der Waals surface area contributed by atoms with Crippen LogP contribution in [0.25, 0.3) is 0 Å². The number of hydrogen-bond donors (Lipinski definition) is 6. The smallest absolute Gasteiger partial charge is 0.373 e. The zero-order valence-electron chi connectivity index (χ0n) is 23.0. The van der Waals surface area contributed by atoms with Gasteiger partial charge in [-0.25, -0.2) is 4.79 Å². The van der Waals surface area contributed by atoms with E-state index in [-0.39, 0.29) is 24.4 Å². The molecular weight excluding hydrogens is 466 g/mol. The van der Waals surface area contributed by atoms with Crippen LogP contribution in [0.3, 0.4) is 0 Å². The Hall–Kier alpha value is -2.86. The number of hydrogen-bond acceptors (Lipinski definition) is 9. The molecule has 1 amide bonds. The third-order valence-electron chi connectivity index (χ3n) is 4.64. The van der Waals surface area contributed by atoms with Gasteiger partial charge >= 0.3 is 11.9 Å². The van der Waals surface area contributed by atoms with Crippen molar-refractivity contribution in [2.24, 2.45) is 17.4 Å². The number of ether oxygens (including phenoxy) is 1. The van der Waals surface area contributed by atoms with E-state index in [2.05, 4.69) is 21.7 Å². The molecule has 208 valence electrons. The molecule has 0 saturated carbocycles. The van der Waals surface area contributed by atoms with Gasteiger partial charge in [-0.1, -0.05) is 58.0 Å². The van der Waals surface area contributed by atoms with Gasteiger partial charge in [0.15, 0.2) is 0 Å². The minimum atomic E-state index is -1.38. The SMILES string of the molecule is CC.CN.CNC(=O)[C@@H](N)CCOC(=O)[C@H](Cc1ccccc1)NC.CN[C@H](C(=O)C(=O)O)C(C)C. The van der Waals surface area contributed by atoms with Gasteiger partial charge in [0.1, 0.15) is 6.04 Å². The Morgan fingerprint density at radius 2 is 1.50 bits per heavy atom. The van der Waals surface area contributed by atoms with Crippen LogP contribution >= 0.6 is 0 Å². The molecule has 0 heterocycles. The van der Waals surface area contributed by atoms with E-state index in [4.69, 9.17) is 15.6 Å². The first kappa shape index (κ1) is 37.7. The van der Waals surface area contributed by atoms with Crippen molar-refractivity contribution >= 4 is 23.6 Å². The van der Waals surface area contributed by atoms with Crippen molar-refractivity contribution in [3.63, 3.8) is 0 Å². The van der Waals surface area contributed by atoms with Crippen LogP contribution in [0.4, 0.5) is 0 Å². The number of carbonyl (C=O) groups is 4. The van der Waals surface area contributed by atoms with Gasteiger partial charge in [-0.3, -0.25) is 14.4 Å². The molecule has 0 unspecified atom stereocenters. The standard InChI is InChI=1S/C15H23N3O3.C7H13NO3.C2H6.CH5N/c1-17-13(10-11-6-4-3-5-7-11)15(20)21-9-8-12(16)14(19)18-2;1-4(2)5(8-3)6(9)7(10)11;2*1-2/h3-7,12-13,17H,8-10,16H2,1-2H3,(H,18,19);4-5,8H,1-3H3,(H,10,11);1-2H3;2H2,1H3/t12-,13-;5-;;/m00../s1. The fourth-order valence-electron chi connectivity index (χ4n) is 2.76. The number of carboxylic acids is 1. The van der Waals surface area contributed by atoms with Crippen LogP contribution in [0.2, 0.25) is 0 Å². The molecule has 0 bridgehead atoms. The molecule has 0 saturated heterocycles. The van der Waals surface area contributed by atoms with E-state index >= 15 is 0 Å². The van der Waals surface area contributed by atoms with Gasteiger partial charge in [0.2, 0.25) is 5.91 Å². The Balaban J connectivity index is -0.000000613. The third kappa shape index (κ3) is 16.7. The van der Waals surface area contributed by atoms with Crippen molar-refractivity contribution in [3.8, 4) is 0 Å². The van der Waals surface area contributed by atoms with Crippen LogP contribution in [-0.4, -0.2) is 81.7 Å². The Morgan fingerprint density at radius 1 is 0.972 bits per heavy atom. The van der Waals surface area contributed by atoms with Crippen LogP contribution in [-0.2, 0) is 30.3 Å². The number of benzene rings is 1. The summed E-state index contributed by atoms with van der Waals surface area (Å²) in [5.41, 5.74) is 11.2. The maximum absolute atomic E-state index is 12.0. The number of rotatable bonds is 12. The number of amides is 1. The molecule has 3 atom stereocenters. The summed E-state index contributed by atoms with van der Waals surface area (Å²) in [5, 5.41) is 16.4. The number of nitrogens with two attached hydrogens (primary N) is 2. The van der Waals surface area contributed by atoms with Gasteiger partial charge in [0.25, 0.3) is 5.78 Å². The highest BCUT2D eigenvalue weighted by Crippen LogP contribution is 2.05. The van der Waals surface area contributed by atoms with Crippen molar-refractivity contribution in [2.45, 2.75) is 58.7 Å². The molecule has 0 aliphatic carbocycles. The van der Waals surface area contributed by atoms with E-state index < -0.39 is 29.9 Å². The molecule has 0 spiro atoms. The second-order valence-corrected chi connectivity index (χ2v) is 7.39. The second kappa shape index (κ2) is 23.9. The molecule has 1 aromatic carbocycles. The Labute approximate surface area is 215 Å². The lowest BCUT2D eigenvalue weighted by molar-refractivity contribution is -0.150. The van der Waals surface area contributed by atoms with Gasteiger partial charge in [0, 0.05) is 13.5 Å². The molecule has 0 radical (unpaired) electrons. The zero-order chi connectivity index (χ0) is 28.7. The summed E-state index contributed by atoms with van der Waals surface area (Å²) in [6, 6.07) is 8.04. The number of carboxylic acid groups (broad SMARTS) is 1. The molecule has 36 heavy (non-hydrogen) atoms. The van der Waals surface area contributed by atoms with Crippen molar-refractivity contribution < 1.29 is 29.0 Å². The molecule has 11 nitrogen and oxygen atoms in total. The maximum Gasteiger partial charge on any atom is 0.373 e. The first-order valence-corrected chi connectivity index (χ1v) is 12.0.